The molecule has 0 spiro atoms. The molecule has 0 aliphatic heterocycles. The van der Waals surface area contributed by atoms with Crippen molar-refractivity contribution >= 4 is 39.9 Å². The van der Waals surface area contributed by atoms with Crippen molar-refractivity contribution in [2.75, 3.05) is 13.2 Å². The Labute approximate surface area is 163 Å². The van der Waals surface area contributed by atoms with Gasteiger partial charge in [0, 0.05) is 0 Å². The molecule has 2 aromatic carbocycles. The van der Waals surface area contributed by atoms with E-state index in [1.807, 2.05) is 54.6 Å². The topological polar surface area (TPSA) is 60.2 Å². The summed E-state index contributed by atoms with van der Waals surface area (Å²) in [5, 5.41) is 8.36. The third-order valence-electron chi connectivity index (χ3n) is 3.42. The smallest absolute Gasteiger partial charge is 0.380 e. The molecule has 26 heavy (non-hydrogen) atoms. The third-order valence-corrected chi connectivity index (χ3v) is 4.49. The van der Waals surface area contributed by atoms with E-state index in [-0.39, 0.29) is 0 Å². The van der Waals surface area contributed by atoms with Crippen molar-refractivity contribution in [3.05, 3.63) is 54.6 Å². The summed E-state index contributed by atoms with van der Waals surface area (Å²) in [6.07, 6.45) is 0.233. The van der Waals surface area contributed by atoms with Gasteiger partial charge in [0.1, 0.15) is 5.75 Å². The molecule has 140 valence electrons. The fourth-order valence-electron chi connectivity index (χ4n) is 2.14. The van der Waals surface area contributed by atoms with Gasteiger partial charge in [0.25, 0.3) is 0 Å². The Kier molecular flexibility index (Phi) is 9.13. The minimum atomic E-state index is -3.39. The van der Waals surface area contributed by atoms with Crippen LogP contribution in [0.25, 0.3) is 0 Å². The first kappa shape index (κ1) is 20.9. The quantitative estimate of drug-likeness (QED) is 0.215. The predicted molar refractivity (Wildman–Crippen MR) is 106 cm³/mol. The number of azo groups is 1. The van der Waals surface area contributed by atoms with Crippen LogP contribution in [0.1, 0.15) is 25.7 Å². The zero-order valence-electron chi connectivity index (χ0n) is 14.3. The van der Waals surface area contributed by atoms with Crippen LogP contribution < -0.4 is 4.74 Å². The van der Waals surface area contributed by atoms with Gasteiger partial charge in [0.2, 0.25) is 0 Å². The second-order valence-electron chi connectivity index (χ2n) is 5.54. The van der Waals surface area contributed by atoms with E-state index in [1.165, 1.54) is 0 Å². The molecule has 0 aliphatic rings. The molecular weight excluding hydrogens is 394 g/mol. The van der Waals surface area contributed by atoms with Gasteiger partial charge in [-0.15, -0.1) is 0 Å². The normalized spacial score (nSPS) is 11.8. The van der Waals surface area contributed by atoms with Crippen LogP contribution >= 0.6 is 28.6 Å². The van der Waals surface area contributed by atoms with Crippen molar-refractivity contribution in [2.24, 2.45) is 10.2 Å². The van der Waals surface area contributed by atoms with Crippen molar-refractivity contribution in [3.8, 4) is 5.75 Å². The average Bonchev–Trinajstić information content (AvgIpc) is 2.63. The fraction of sp³-hybridized carbons (Fsp3) is 0.333. The average molecular weight is 415 g/mol. The molecule has 5 nitrogen and oxygen atoms in total. The maximum Gasteiger partial charge on any atom is 0.380 e. The summed E-state index contributed by atoms with van der Waals surface area (Å²) in [4.78, 5) is 0. The van der Waals surface area contributed by atoms with Gasteiger partial charge in [-0.2, -0.15) is 10.2 Å². The summed E-state index contributed by atoms with van der Waals surface area (Å²) in [6.45, 7) is 0.944. The summed E-state index contributed by atoms with van der Waals surface area (Å²) in [5.41, 5.74) is 1.59. The Balaban J connectivity index is 1.60. The molecule has 0 N–H and O–H groups in total. The lowest BCUT2D eigenvalue weighted by atomic mass is 10.2. The van der Waals surface area contributed by atoms with Crippen molar-refractivity contribution in [1.82, 2.24) is 0 Å². The molecular formula is C18H21Cl2N2O3P. The Morgan fingerprint density at radius 2 is 1.35 bits per heavy atom. The molecule has 0 saturated carbocycles. The number of halogens is 2. The van der Waals surface area contributed by atoms with Crippen LogP contribution in [-0.2, 0) is 9.09 Å². The monoisotopic (exact) mass is 414 g/mol. The Morgan fingerprint density at radius 3 is 1.96 bits per heavy atom. The fourth-order valence-corrected chi connectivity index (χ4v) is 2.89. The highest BCUT2D eigenvalue weighted by Gasteiger charge is 2.12. The van der Waals surface area contributed by atoms with Gasteiger partial charge < -0.3 is 9.26 Å². The molecule has 0 heterocycles. The number of hydrogen-bond donors (Lipinski definition) is 0. The summed E-state index contributed by atoms with van der Waals surface area (Å²) in [6, 6.07) is 17.1. The molecule has 0 unspecified atom stereocenters. The lowest BCUT2D eigenvalue weighted by molar-refractivity contribution is 0.293. The van der Waals surface area contributed by atoms with Gasteiger partial charge in [0.15, 0.2) is 0 Å². The van der Waals surface area contributed by atoms with Crippen LogP contribution in [0.15, 0.2) is 64.8 Å². The largest absolute Gasteiger partial charge is 0.494 e. The number of nitrogens with zero attached hydrogens (tertiary/aromatic N) is 2. The maximum atomic E-state index is 10.9. The molecule has 0 saturated heterocycles. The van der Waals surface area contributed by atoms with Crippen LogP contribution in [0.4, 0.5) is 11.4 Å². The van der Waals surface area contributed by atoms with E-state index < -0.39 is 6.07 Å². The van der Waals surface area contributed by atoms with Crippen LogP contribution in [0.2, 0.25) is 0 Å². The van der Waals surface area contributed by atoms with Crippen molar-refractivity contribution in [1.29, 1.82) is 0 Å². The highest BCUT2D eigenvalue weighted by Crippen LogP contribution is 2.57. The Bertz CT molecular complexity index is 721. The second kappa shape index (κ2) is 11.3. The van der Waals surface area contributed by atoms with E-state index in [0.29, 0.717) is 13.2 Å². The van der Waals surface area contributed by atoms with Crippen LogP contribution in [-0.4, -0.2) is 13.2 Å². The first-order valence-corrected chi connectivity index (χ1v) is 11.8. The lowest BCUT2D eigenvalue weighted by Crippen LogP contribution is -1.97. The molecule has 0 bridgehead atoms. The Hall–Kier alpha value is -1.39. The first-order chi connectivity index (χ1) is 12.5. The van der Waals surface area contributed by atoms with Gasteiger partial charge in [-0.3, -0.25) is 4.57 Å². The van der Waals surface area contributed by atoms with Crippen LogP contribution in [0, 0.1) is 0 Å². The van der Waals surface area contributed by atoms with E-state index in [9.17, 15) is 4.57 Å². The highest BCUT2D eigenvalue weighted by atomic mass is 35.9. The third kappa shape index (κ3) is 9.35. The highest BCUT2D eigenvalue weighted by molar-refractivity contribution is 8.05. The molecule has 0 radical (unpaired) electrons. The molecule has 0 fully saturated rings. The summed E-state index contributed by atoms with van der Waals surface area (Å²) in [5.74, 6) is 0.803. The van der Waals surface area contributed by atoms with E-state index in [0.717, 1.165) is 42.8 Å². The van der Waals surface area contributed by atoms with E-state index >= 15 is 0 Å². The Morgan fingerprint density at radius 1 is 0.769 bits per heavy atom. The number of unbranched alkanes of at least 4 members (excludes halogenated alkanes) is 3. The van der Waals surface area contributed by atoms with E-state index in [4.69, 9.17) is 31.7 Å². The molecule has 0 aliphatic carbocycles. The molecule has 0 aromatic heterocycles. The van der Waals surface area contributed by atoms with Gasteiger partial charge in [-0.1, -0.05) is 24.6 Å². The van der Waals surface area contributed by atoms with Gasteiger partial charge in [-0.05, 0) is 78.1 Å². The van der Waals surface area contributed by atoms with Crippen molar-refractivity contribution in [3.63, 3.8) is 0 Å². The standard InChI is InChI=1S/C18H21Cl2N2O3P/c19-26(20,23)25-15-7-2-1-6-14-24-18-12-10-17(11-13-18)22-21-16-8-4-3-5-9-16/h3-5,8-13H,1-2,6-7,14-15H2. The van der Waals surface area contributed by atoms with Crippen molar-refractivity contribution < 1.29 is 13.8 Å². The van der Waals surface area contributed by atoms with E-state index in [2.05, 4.69) is 10.2 Å². The summed E-state index contributed by atoms with van der Waals surface area (Å²) >= 11 is 10.6. The van der Waals surface area contributed by atoms with Crippen molar-refractivity contribution in [2.45, 2.75) is 25.7 Å². The summed E-state index contributed by atoms with van der Waals surface area (Å²) < 4.78 is 21.4. The number of hydrogen-bond acceptors (Lipinski definition) is 5. The van der Waals surface area contributed by atoms with Crippen LogP contribution in [0.3, 0.4) is 0 Å². The van der Waals surface area contributed by atoms with Gasteiger partial charge in [0.05, 0.1) is 24.6 Å². The zero-order valence-corrected chi connectivity index (χ0v) is 16.7. The predicted octanol–water partition coefficient (Wildman–Crippen LogP) is 7.64. The number of benzene rings is 2. The van der Waals surface area contributed by atoms with Gasteiger partial charge in [-0.25, -0.2) is 0 Å². The number of ether oxygens (including phenoxy) is 1. The molecule has 0 amide bonds. The molecule has 2 aromatic rings. The lowest BCUT2D eigenvalue weighted by Gasteiger charge is -2.07. The number of rotatable bonds is 11. The molecule has 2 rings (SSSR count). The molecule has 8 heteroatoms. The maximum absolute atomic E-state index is 10.9. The van der Waals surface area contributed by atoms with Gasteiger partial charge >= 0.3 is 6.07 Å². The minimum Gasteiger partial charge on any atom is -0.494 e. The summed E-state index contributed by atoms with van der Waals surface area (Å²) in [7, 11) is 0. The first-order valence-electron chi connectivity index (χ1n) is 8.36. The van der Waals surface area contributed by atoms with E-state index in [1.54, 1.807) is 0 Å². The SMILES string of the molecule is O=P(Cl)(Cl)OCCCCCCOc1ccc(N=Nc2ccccc2)cc1. The zero-order chi connectivity index (χ0) is 18.7. The minimum absolute atomic E-state index is 0.310. The second-order valence-corrected chi connectivity index (χ2v) is 9.82. The van der Waals surface area contributed by atoms with Crippen LogP contribution in [0.5, 0.6) is 5.75 Å². The molecule has 0 atom stereocenters.